The first-order valence-corrected chi connectivity index (χ1v) is 6.59. The molecule has 2 N–H and O–H groups in total. The van der Waals surface area contributed by atoms with Crippen LogP contribution in [0.25, 0.3) is 0 Å². The number of anilines is 1. The normalized spacial score (nSPS) is 15.6. The molecule has 1 aliphatic rings. The minimum Gasteiger partial charge on any atom is -0.383 e. The van der Waals surface area contributed by atoms with E-state index < -0.39 is 0 Å². The fourth-order valence-electron chi connectivity index (χ4n) is 1.64. The first-order chi connectivity index (χ1) is 7.20. The van der Waals surface area contributed by atoms with E-state index in [9.17, 15) is 0 Å². The van der Waals surface area contributed by atoms with Crippen LogP contribution in [0.2, 0.25) is 0 Å². The number of hydrogen-bond donors (Lipinski definition) is 1. The van der Waals surface area contributed by atoms with E-state index in [1.165, 1.54) is 12.8 Å². The molecule has 0 aliphatic heterocycles. The Morgan fingerprint density at radius 1 is 1.40 bits per heavy atom. The van der Waals surface area contributed by atoms with E-state index in [0.29, 0.717) is 5.82 Å². The molecule has 4 heteroatoms. The summed E-state index contributed by atoms with van der Waals surface area (Å²) >= 11 is 2.24. The third-order valence-electron chi connectivity index (χ3n) is 2.65. The number of aryl methyl sites for hydroxylation is 1. The second-order valence-electron chi connectivity index (χ2n) is 4.18. The van der Waals surface area contributed by atoms with Crippen molar-refractivity contribution in [2.75, 3.05) is 5.73 Å². The van der Waals surface area contributed by atoms with Crippen LogP contribution in [0, 0.1) is 9.49 Å². The number of nitrogens with two attached hydrogens (primary N) is 1. The van der Waals surface area contributed by atoms with Gasteiger partial charge in [0.05, 0.1) is 9.26 Å². The van der Waals surface area contributed by atoms with Gasteiger partial charge in [0.2, 0.25) is 0 Å². The summed E-state index contributed by atoms with van der Waals surface area (Å²) in [6.45, 7) is 2.16. The van der Waals surface area contributed by atoms with Crippen molar-refractivity contribution >= 4 is 28.4 Å². The number of hydrogen-bond acceptors (Lipinski definition) is 3. The second-order valence-corrected chi connectivity index (χ2v) is 5.26. The standard InChI is InChI=1S/C11H16IN3/c1-2-3-8-10(12)11(13)15-9(14-8)6-7-4-5-7/h7H,2-6H2,1H3,(H2,13,14,15). The largest absolute Gasteiger partial charge is 0.383 e. The fourth-order valence-corrected chi connectivity index (χ4v) is 2.15. The summed E-state index contributed by atoms with van der Waals surface area (Å²) in [6, 6.07) is 0. The number of halogens is 1. The predicted octanol–water partition coefficient (Wildman–Crippen LogP) is 2.57. The number of nitrogens with zero attached hydrogens (tertiary/aromatic N) is 2. The van der Waals surface area contributed by atoms with Crippen LogP contribution < -0.4 is 5.73 Å². The smallest absolute Gasteiger partial charge is 0.140 e. The Labute approximate surface area is 104 Å². The Kier molecular flexibility index (Phi) is 3.43. The van der Waals surface area contributed by atoms with Gasteiger partial charge in [0, 0.05) is 6.42 Å². The maximum absolute atomic E-state index is 5.89. The maximum atomic E-state index is 5.89. The monoisotopic (exact) mass is 317 g/mol. The van der Waals surface area contributed by atoms with E-state index >= 15 is 0 Å². The van der Waals surface area contributed by atoms with Crippen molar-refractivity contribution in [3.05, 3.63) is 15.1 Å². The molecule has 0 unspecified atom stereocenters. The molecule has 1 fully saturated rings. The minimum absolute atomic E-state index is 0.657. The van der Waals surface area contributed by atoms with Crippen LogP contribution in [0.15, 0.2) is 0 Å². The van der Waals surface area contributed by atoms with Crippen LogP contribution in [0.3, 0.4) is 0 Å². The Balaban J connectivity index is 2.23. The zero-order valence-corrected chi connectivity index (χ0v) is 11.1. The number of aromatic nitrogens is 2. The van der Waals surface area contributed by atoms with E-state index in [1.54, 1.807) is 0 Å². The van der Waals surface area contributed by atoms with Gasteiger partial charge in [-0.1, -0.05) is 13.3 Å². The third kappa shape index (κ3) is 2.80. The average Bonchev–Trinajstić information content (AvgIpc) is 2.98. The molecule has 0 atom stereocenters. The van der Waals surface area contributed by atoms with Crippen molar-refractivity contribution in [1.82, 2.24) is 9.97 Å². The lowest BCUT2D eigenvalue weighted by molar-refractivity contribution is 0.748. The molecule has 0 spiro atoms. The first-order valence-electron chi connectivity index (χ1n) is 5.51. The zero-order chi connectivity index (χ0) is 10.8. The topological polar surface area (TPSA) is 51.8 Å². The highest BCUT2D eigenvalue weighted by molar-refractivity contribution is 14.1. The van der Waals surface area contributed by atoms with Crippen LogP contribution in [-0.2, 0) is 12.8 Å². The average molecular weight is 317 g/mol. The van der Waals surface area contributed by atoms with Crippen LogP contribution in [-0.4, -0.2) is 9.97 Å². The van der Waals surface area contributed by atoms with Crippen molar-refractivity contribution in [1.29, 1.82) is 0 Å². The minimum atomic E-state index is 0.657. The molecule has 0 bridgehead atoms. The fraction of sp³-hybridized carbons (Fsp3) is 0.636. The van der Waals surface area contributed by atoms with Gasteiger partial charge in [-0.2, -0.15) is 0 Å². The first kappa shape index (κ1) is 11.1. The van der Waals surface area contributed by atoms with Crippen molar-refractivity contribution in [2.24, 2.45) is 5.92 Å². The summed E-state index contributed by atoms with van der Waals surface area (Å²) in [5.74, 6) is 2.42. The molecule has 1 saturated carbocycles. The molecule has 2 rings (SSSR count). The third-order valence-corrected chi connectivity index (χ3v) is 3.82. The lowest BCUT2D eigenvalue weighted by atomic mass is 10.2. The van der Waals surface area contributed by atoms with Crippen molar-refractivity contribution in [2.45, 2.75) is 39.0 Å². The van der Waals surface area contributed by atoms with E-state index in [0.717, 1.165) is 40.3 Å². The Morgan fingerprint density at radius 2 is 2.13 bits per heavy atom. The van der Waals surface area contributed by atoms with Crippen LogP contribution >= 0.6 is 22.6 Å². The molecule has 1 aliphatic carbocycles. The zero-order valence-electron chi connectivity index (χ0n) is 8.96. The molecule has 0 aromatic carbocycles. The Bertz CT molecular complexity index is 361. The molecule has 0 amide bonds. The quantitative estimate of drug-likeness (QED) is 0.869. The van der Waals surface area contributed by atoms with Crippen LogP contribution in [0.1, 0.15) is 37.7 Å². The highest BCUT2D eigenvalue weighted by Crippen LogP contribution is 2.32. The molecule has 15 heavy (non-hydrogen) atoms. The van der Waals surface area contributed by atoms with Crippen LogP contribution in [0.5, 0.6) is 0 Å². The Hall–Kier alpha value is -0.390. The van der Waals surface area contributed by atoms with E-state index in [2.05, 4.69) is 39.5 Å². The molecular formula is C11H16IN3. The van der Waals surface area contributed by atoms with Gasteiger partial charge in [-0.05, 0) is 47.8 Å². The van der Waals surface area contributed by atoms with Gasteiger partial charge in [0.25, 0.3) is 0 Å². The lowest BCUT2D eigenvalue weighted by Gasteiger charge is -2.07. The van der Waals surface area contributed by atoms with E-state index in [-0.39, 0.29) is 0 Å². The van der Waals surface area contributed by atoms with Gasteiger partial charge in [-0.3, -0.25) is 0 Å². The highest BCUT2D eigenvalue weighted by atomic mass is 127. The van der Waals surface area contributed by atoms with Crippen molar-refractivity contribution in [3.63, 3.8) is 0 Å². The van der Waals surface area contributed by atoms with Crippen molar-refractivity contribution < 1.29 is 0 Å². The summed E-state index contributed by atoms with van der Waals surface area (Å²) in [5.41, 5.74) is 7.02. The summed E-state index contributed by atoms with van der Waals surface area (Å²) in [5, 5.41) is 0. The van der Waals surface area contributed by atoms with Gasteiger partial charge < -0.3 is 5.73 Å². The van der Waals surface area contributed by atoms with Crippen molar-refractivity contribution in [3.8, 4) is 0 Å². The maximum Gasteiger partial charge on any atom is 0.140 e. The van der Waals surface area contributed by atoms with Gasteiger partial charge in [-0.25, -0.2) is 9.97 Å². The summed E-state index contributed by atoms with van der Waals surface area (Å²) in [6.07, 6.45) is 5.78. The molecule has 0 saturated heterocycles. The number of nitrogen functional groups attached to an aromatic ring is 1. The number of rotatable bonds is 4. The van der Waals surface area contributed by atoms with E-state index in [4.69, 9.17) is 5.73 Å². The summed E-state index contributed by atoms with van der Waals surface area (Å²) < 4.78 is 1.04. The molecule has 1 aromatic rings. The molecule has 0 radical (unpaired) electrons. The van der Waals surface area contributed by atoms with Gasteiger partial charge >= 0.3 is 0 Å². The van der Waals surface area contributed by atoms with Gasteiger partial charge in [0.15, 0.2) is 0 Å². The lowest BCUT2D eigenvalue weighted by Crippen LogP contribution is -2.08. The van der Waals surface area contributed by atoms with Gasteiger partial charge in [-0.15, -0.1) is 0 Å². The predicted molar refractivity (Wildman–Crippen MR) is 69.6 cm³/mol. The van der Waals surface area contributed by atoms with E-state index in [1.807, 2.05) is 0 Å². The van der Waals surface area contributed by atoms with Gasteiger partial charge in [0.1, 0.15) is 11.6 Å². The highest BCUT2D eigenvalue weighted by Gasteiger charge is 2.23. The molecule has 1 aromatic heterocycles. The second kappa shape index (κ2) is 4.63. The van der Waals surface area contributed by atoms with Crippen LogP contribution in [0.4, 0.5) is 5.82 Å². The summed E-state index contributed by atoms with van der Waals surface area (Å²) in [4.78, 5) is 8.96. The molecule has 3 nitrogen and oxygen atoms in total. The molecular weight excluding hydrogens is 301 g/mol. The molecule has 1 heterocycles. The Morgan fingerprint density at radius 3 is 2.73 bits per heavy atom. The molecule has 82 valence electrons. The summed E-state index contributed by atoms with van der Waals surface area (Å²) in [7, 11) is 0. The SMILES string of the molecule is CCCc1nc(CC2CC2)nc(N)c1I.